The SMILES string of the molecule is O=C(CSc1nnc(Nc2ccccc2F)s1)Nc1ccc(S(=O)(=O)N2CCCC2)cc1. The van der Waals surface area contributed by atoms with Crippen LogP contribution in [0.25, 0.3) is 0 Å². The lowest BCUT2D eigenvalue weighted by molar-refractivity contribution is -0.113. The molecule has 1 fully saturated rings. The number of hydrogen-bond donors (Lipinski definition) is 2. The highest BCUT2D eigenvalue weighted by atomic mass is 32.2. The van der Waals surface area contributed by atoms with Gasteiger partial charge in [-0.15, -0.1) is 10.2 Å². The van der Waals surface area contributed by atoms with E-state index in [4.69, 9.17) is 0 Å². The third-order valence-corrected chi connectivity index (χ3v) is 8.57. The molecule has 2 heterocycles. The largest absolute Gasteiger partial charge is 0.328 e. The number of nitrogens with zero attached hydrogens (tertiary/aromatic N) is 3. The Bertz CT molecular complexity index is 1200. The molecule has 1 aliphatic rings. The van der Waals surface area contributed by atoms with Gasteiger partial charge in [0.2, 0.25) is 21.1 Å². The smallest absolute Gasteiger partial charge is 0.243 e. The van der Waals surface area contributed by atoms with Crippen LogP contribution in [0.2, 0.25) is 0 Å². The fraction of sp³-hybridized carbons (Fsp3) is 0.250. The van der Waals surface area contributed by atoms with Crippen molar-refractivity contribution in [1.82, 2.24) is 14.5 Å². The van der Waals surface area contributed by atoms with Crippen LogP contribution in [0.4, 0.5) is 20.9 Å². The van der Waals surface area contributed by atoms with Crippen LogP contribution in [-0.4, -0.2) is 47.7 Å². The van der Waals surface area contributed by atoms with Crippen molar-refractivity contribution in [2.24, 2.45) is 0 Å². The molecule has 8 nitrogen and oxygen atoms in total. The van der Waals surface area contributed by atoms with E-state index in [9.17, 15) is 17.6 Å². The third-order valence-electron chi connectivity index (χ3n) is 4.69. The number of aromatic nitrogens is 2. The molecule has 2 aromatic carbocycles. The van der Waals surface area contributed by atoms with Gasteiger partial charge >= 0.3 is 0 Å². The molecule has 1 aromatic heterocycles. The monoisotopic (exact) mass is 493 g/mol. The van der Waals surface area contributed by atoms with Crippen LogP contribution in [-0.2, 0) is 14.8 Å². The van der Waals surface area contributed by atoms with Gasteiger partial charge in [-0.2, -0.15) is 4.31 Å². The van der Waals surface area contributed by atoms with Gasteiger partial charge in [0.1, 0.15) is 5.82 Å². The Balaban J connectivity index is 1.29. The van der Waals surface area contributed by atoms with Gasteiger partial charge in [-0.3, -0.25) is 4.79 Å². The number of rotatable bonds is 8. The van der Waals surface area contributed by atoms with Gasteiger partial charge in [-0.05, 0) is 49.2 Å². The standard InChI is InChI=1S/C20H20FN5O3S3/c21-16-5-1-2-6-17(16)23-19-24-25-20(31-19)30-13-18(27)22-14-7-9-15(10-8-14)32(28,29)26-11-3-4-12-26/h1-2,5-10H,3-4,11-13H2,(H,22,27)(H,23,24). The number of thioether (sulfide) groups is 1. The normalized spacial score (nSPS) is 14.4. The first-order chi connectivity index (χ1) is 15.4. The van der Waals surface area contributed by atoms with E-state index in [2.05, 4.69) is 20.8 Å². The molecule has 3 aromatic rings. The molecular formula is C20H20FN5O3S3. The second-order valence-electron chi connectivity index (χ2n) is 6.95. The molecule has 1 saturated heterocycles. The molecule has 2 N–H and O–H groups in total. The minimum atomic E-state index is -3.48. The number of benzene rings is 2. The fourth-order valence-corrected chi connectivity index (χ4v) is 6.19. The Morgan fingerprint density at radius 1 is 1.09 bits per heavy atom. The molecule has 0 atom stereocenters. The van der Waals surface area contributed by atoms with Gasteiger partial charge in [-0.25, -0.2) is 12.8 Å². The summed E-state index contributed by atoms with van der Waals surface area (Å²) in [7, 11) is -3.48. The molecule has 0 spiro atoms. The number of para-hydroxylation sites is 1. The summed E-state index contributed by atoms with van der Waals surface area (Å²) in [4.78, 5) is 12.5. The first kappa shape index (κ1) is 22.6. The van der Waals surface area contributed by atoms with Crippen LogP contribution in [0.15, 0.2) is 57.8 Å². The van der Waals surface area contributed by atoms with Crippen molar-refractivity contribution >= 4 is 55.5 Å². The highest BCUT2D eigenvalue weighted by Crippen LogP contribution is 2.28. The molecular weight excluding hydrogens is 473 g/mol. The van der Waals surface area contributed by atoms with Crippen molar-refractivity contribution in [3.8, 4) is 0 Å². The molecule has 168 valence electrons. The zero-order chi connectivity index (χ0) is 22.6. The van der Waals surface area contributed by atoms with E-state index in [0.717, 1.165) is 12.8 Å². The molecule has 0 radical (unpaired) electrons. The second kappa shape index (κ2) is 9.94. The minimum Gasteiger partial charge on any atom is -0.328 e. The molecule has 0 aliphatic carbocycles. The average Bonchev–Trinajstić information content (AvgIpc) is 3.47. The van der Waals surface area contributed by atoms with Crippen LogP contribution in [0.5, 0.6) is 0 Å². The number of hydrogen-bond acceptors (Lipinski definition) is 8. The number of halogens is 1. The van der Waals surface area contributed by atoms with Crippen LogP contribution >= 0.6 is 23.1 Å². The van der Waals surface area contributed by atoms with E-state index < -0.39 is 15.8 Å². The van der Waals surface area contributed by atoms with Gasteiger partial charge in [0.05, 0.1) is 16.3 Å². The predicted molar refractivity (Wildman–Crippen MR) is 123 cm³/mol. The summed E-state index contributed by atoms with van der Waals surface area (Å²) < 4.78 is 40.9. The van der Waals surface area contributed by atoms with Crippen molar-refractivity contribution in [3.05, 3.63) is 54.3 Å². The summed E-state index contributed by atoms with van der Waals surface area (Å²) in [5.74, 6) is -0.554. The Kier molecular flexibility index (Phi) is 7.04. The minimum absolute atomic E-state index is 0.0994. The summed E-state index contributed by atoms with van der Waals surface area (Å²) >= 11 is 2.42. The van der Waals surface area contributed by atoms with Crippen molar-refractivity contribution < 1.29 is 17.6 Å². The zero-order valence-electron chi connectivity index (χ0n) is 16.8. The van der Waals surface area contributed by atoms with Gasteiger partial charge in [-0.1, -0.05) is 35.2 Å². The van der Waals surface area contributed by atoms with Crippen molar-refractivity contribution in [2.45, 2.75) is 22.1 Å². The Morgan fingerprint density at radius 3 is 2.53 bits per heavy atom. The van der Waals surface area contributed by atoms with E-state index in [1.54, 1.807) is 30.3 Å². The molecule has 4 rings (SSSR count). The van der Waals surface area contributed by atoms with Crippen LogP contribution in [0.3, 0.4) is 0 Å². The number of sulfonamides is 1. The molecule has 0 unspecified atom stereocenters. The first-order valence-electron chi connectivity index (χ1n) is 9.80. The summed E-state index contributed by atoms with van der Waals surface area (Å²) in [6.45, 7) is 1.09. The van der Waals surface area contributed by atoms with Crippen LogP contribution in [0, 0.1) is 5.82 Å². The number of anilines is 3. The summed E-state index contributed by atoms with van der Waals surface area (Å²) in [6.07, 6.45) is 1.75. The first-order valence-corrected chi connectivity index (χ1v) is 13.0. The molecule has 0 saturated carbocycles. The topological polar surface area (TPSA) is 104 Å². The van der Waals surface area contributed by atoms with E-state index in [-0.39, 0.29) is 16.6 Å². The second-order valence-corrected chi connectivity index (χ2v) is 11.1. The van der Waals surface area contributed by atoms with E-state index in [0.29, 0.717) is 33.9 Å². The van der Waals surface area contributed by atoms with Crippen LogP contribution in [0.1, 0.15) is 12.8 Å². The Labute approximate surface area is 193 Å². The fourth-order valence-electron chi connectivity index (χ4n) is 3.11. The quantitative estimate of drug-likeness (QED) is 0.458. The van der Waals surface area contributed by atoms with E-state index in [1.807, 2.05) is 0 Å². The molecule has 32 heavy (non-hydrogen) atoms. The lowest BCUT2D eigenvalue weighted by Gasteiger charge is -2.15. The van der Waals surface area contributed by atoms with E-state index in [1.165, 1.54) is 45.6 Å². The third kappa shape index (κ3) is 5.44. The molecule has 12 heteroatoms. The van der Waals surface area contributed by atoms with E-state index >= 15 is 0 Å². The van der Waals surface area contributed by atoms with Crippen molar-refractivity contribution in [1.29, 1.82) is 0 Å². The maximum absolute atomic E-state index is 13.7. The summed E-state index contributed by atoms with van der Waals surface area (Å²) in [5.41, 5.74) is 0.809. The Hall–Kier alpha value is -2.54. The summed E-state index contributed by atoms with van der Waals surface area (Å²) in [6, 6.07) is 12.4. The lowest BCUT2D eigenvalue weighted by atomic mass is 10.3. The maximum atomic E-state index is 13.7. The van der Waals surface area contributed by atoms with Gasteiger partial charge in [0.15, 0.2) is 4.34 Å². The van der Waals surface area contributed by atoms with Crippen molar-refractivity contribution in [3.63, 3.8) is 0 Å². The number of carbonyl (C=O) groups excluding carboxylic acids is 1. The van der Waals surface area contributed by atoms with Gasteiger partial charge in [0, 0.05) is 18.8 Å². The molecule has 1 aliphatic heterocycles. The van der Waals surface area contributed by atoms with Gasteiger partial charge in [0.25, 0.3) is 0 Å². The predicted octanol–water partition coefficient (Wildman–Crippen LogP) is 3.94. The molecule has 0 bridgehead atoms. The lowest BCUT2D eigenvalue weighted by Crippen LogP contribution is -2.27. The number of amides is 1. The summed E-state index contributed by atoms with van der Waals surface area (Å²) in [5, 5.41) is 14.0. The molecule has 1 amide bonds. The highest BCUT2D eigenvalue weighted by molar-refractivity contribution is 8.01. The average molecular weight is 494 g/mol. The maximum Gasteiger partial charge on any atom is 0.243 e. The van der Waals surface area contributed by atoms with Gasteiger partial charge < -0.3 is 10.6 Å². The highest BCUT2D eigenvalue weighted by Gasteiger charge is 2.26. The zero-order valence-corrected chi connectivity index (χ0v) is 19.3. The van der Waals surface area contributed by atoms with Crippen molar-refractivity contribution in [2.75, 3.05) is 29.5 Å². The Morgan fingerprint density at radius 2 is 1.81 bits per heavy atom. The number of carbonyl (C=O) groups is 1. The number of nitrogens with one attached hydrogen (secondary N) is 2. The van der Waals surface area contributed by atoms with Crippen LogP contribution < -0.4 is 10.6 Å².